The Morgan fingerprint density at radius 2 is 1.89 bits per heavy atom. The average molecular weight is 444 g/mol. The maximum absolute atomic E-state index is 13.7. The number of halogens is 5. The van der Waals surface area contributed by atoms with Gasteiger partial charge in [0.05, 0.1) is 5.52 Å². The van der Waals surface area contributed by atoms with Crippen LogP contribution in [0.25, 0.3) is 22.0 Å². The molecule has 2 heterocycles. The maximum Gasteiger partial charge on any atom is 0.406 e. The molecule has 1 aromatic carbocycles. The van der Waals surface area contributed by atoms with Crippen molar-refractivity contribution < 1.29 is 17.6 Å². The van der Waals surface area contributed by atoms with Gasteiger partial charge in [0, 0.05) is 40.3 Å². The minimum Gasteiger partial charge on any atom is -0.373 e. The highest BCUT2D eigenvalue weighted by Gasteiger charge is 2.30. The molecule has 0 unspecified atom stereocenters. The molecular formula is C18H14BrF4N3O. The number of aromatic nitrogens is 2. The third-order valence-corrected chi connectivity index (χ3v) is 4.77. The zero-order chi connectivity index (χ0) is 19.9. The smallest absolute Gasteiger partial charge is 0.373 e. The van der Waals surface area contributed by atoms with E-state index in [0.29, 0.717) is 21.3 Å². The summed E-state index contributed by atoms with van der Waals surface area (Å²) >= 11 is 3.19. The molecule has 0 aliphatic rings. The molecule has 9 heteroatoms. The molecule has 3 aromatic rings. The van der Waals surface area contributed by atoms with Crippen molar-refractivity contribution >= 4 is 32.7 Å². The third-order valence-electron chi connectivity index (χ3n) is 4.11. The van der Waals surface area contributed by atoms with Crippen LogP contribution in [0.4, 0.5) is 23.4 Å². The number of nitrogens with one attached hydrogen (secondary N) is 1. The van der Waals surface area contributed by atoms with Crippen LogP contribution in [-0.2, 0) is 6.54 Å². The summed E-state index contributed by atoms with van der Waals surface area (Å²) in [5.41, 5.74) is -0.0935. The summed E-state index contributed by atoms with van der Waals surface area (Å²) in [6.07, 6.45) is -3.20. The summed E-state index contributed by atoms with van der Waals surface area (Å²) in [6, 6.07) is 5.46. The highest BCUT2D eigenvalue weighted by Crippen LogP contribution is 2.31. The molecule has 0 atom stereocenters. The first kappa shape index (κ1) is 19.3. The van der Waals surface area contributed by atoms with Gasteiger partial charge in [0.2, 0.25) is 0 Å². The van der Waals surface area contributed by atoms with Crippen LogP contribution in [0, 0.1) is 12.7 Å². The normalized spacial score (nSPS) is 11.8. The van der Waals surface area contributed by atoms with E-state index in [4.69, 9.17) is 0 Å². The molecule has 0 amide bonds. The summed E-state index contributed by atoms with van der Waals surface area (Å²) in [6.45, 7) is 0.0719. The van der Waals surface area contributed by atoms with E-state index in [0.717, 1.165) is 0 Å². The van der Waals surface area contributed by atoms with Gasteiger partial charge in [0.15, 0.2) is 0 Å². The number of nitrogens with zero attached hydrogens (tertiary/aromatic N) is 2. The van der Waals surface area contributed by atoms with E-state index in [1.54, 1.807) is 7.05 Å². The fourth-order valence-corrected chi connectivity index (χ4v) is 3.33. The van der Waals surface area contributed by atoms with Crippen molar-refractivity contribution in [3.8, 4) is 11.1 Å². The SMILES string of the molecule is CNc1cc2c(cn1)cc(-c1cc(C)c(F)cc1Br)c(=O)n2CC(F)(F)F. The Hall–Kier alpha value is -2.42. The summed E-state index contributed by atoms with van der Waals surface area (Å²) in [7, 11) is 1.58. The van der Waals surface area contributed by atoms with Crippen LogP contribution in [-0.4, -0.2) is 22.8 Å². The van der Waals surface area contributed by atoms with Gasteiger partial charge < -0.3 is 5.32 Å². The molecule has 0 aliphatic carbocycles. The van der Waals surface area contributed by atoms with Crippen molar-refractivity contribution in [2.45, 2.75) is 19.6 Å². The molecule has 0 fully saturated rings. The second kappa shape index (κ2) is 6.95. The van der Waals surface area contributed by atoms with E-state index in [-0.39, 0.29) is 21.1 Å². The van der Waals surface area contributed by atoms with Gasteiger partial charge in [-0.2, -0.15) is 13.2 Å². The lowest BCUT2D eigenvalue weighted by Gasteiger charge is -2.16. The van der Waals surface area contributed by atoms with Gasteiger partial charge in [0.25, 0.3) is 5.56 Å². The van der Waals surface area contributed by atoms with Crippen molar-refractivity contribution in [1.82, 2.24) is 9.55 Å². The molecule has 2 aromatic heterocycles. The van der Waals surface area contributed by atoms with Crippen LogP contribution in [0.1, 0.15) is 5.56 Å². The number of pyridine rings is 2. The Morgan fingerprint density at radius 1 is 1.19 bits per heavy atom. The van der Waals surface area contributed by atoms with Gasteiger partial charge in [-0.15, -0.1) is 0 Å². The molecule has 0 saturated carbocycles. The lowest BCUT2D eigenvalue weighted by atomic mass is 10.0. The molecule has 142 valence electrons. The fourth-order valence-electron chi connectivity index (χ4n) is 2.80. The van der Waals surface area contributed by atoms with Crippen LogP contribution < -0.4 is 10.9 Å². The zero-order valence-corrected chi connectivity index (χ0v) is 15.9. The molecule has 0 spiro atoms. The third kappa shape index (κ3) is 3.83. The number of benzene rings is 1. The van der Waals surface area contributed by atoms with Gasteiger partial charge in [-0.3, -0.25) is 9.36 Å². The molecule has 4 nitrogen and oxygen atoms in total. The Morgan fingerprint density at radius 3 is 2.52 bits per heavy atom. The second-order valence-electron chi connectivity index (χ2n) is 6.02. The lowest BCUT2D eigenvalue weighted by Crippen LogP contribution is -2.29. The van der Waals surface area contributed by atoms with Gasteiger partial charge in [-0.1, -0.05) is 15.9 Å². The van der Waals surface area contributed by atoms with Crippen molar-refractivity contribution in [3.05, 3.63) is 56.7 Å². The van der Waals surface area contributed by atoms with Crippen LogP contribution in [0.5, 0.6) is 0 Å². The Kier molecular flexibility index (Phi) is 4.98. The lowest BCUT2D eigenvalue weighted by molar-refractivity contribution is -0.140. The zero-order valence-electron chi connectivity index (χ0n) is 14.3. The van der Waals surface area contributed by atoms with Gasteiger partial charge >= 0.3 is 6.18 Å². The average Bonchev–Trinajstić information content (AvgIpc) is 2.59. The van der Waals surface area contributed by atoms with Gasteiger partial charge in [-0.25, -0.2) is 9.37 Å². The Balaban J connectivity index is 2.37. The predicted molar refractivity (Wildman–Crippen MR) is 99.4 cm³/mol. The van der Waals surface area contributed by atoms with E-state index >= 15 is 0 Å². The van der Waals surface area contributed by atoms with Crippen LogP contribution in [0.3, 0.4) is 0 Å². The predicted octanol–water partition coefficient (Wildman–Crippen LogP) is 4.88. The van der Waals surface area contributed by atoms with Crippen molar-refractivity contribution in [2.24, 2.45) is 0 Å². The highest BCUT2D eigenvalue weighted by atomic mass is 79.9. The number of rotatable bonds is 3. The van der Waals surface area contributed by atoms with Gasteiger partial charge in [0.1, 0.15) is 18.2 Å². The number of hydrogen-bond acceptors (Lipinski definition) is 3. The van der Waals surface area contributed by atoms with Crippen LogP contribution in [0.2, 0.25) is 0 Å². The van der Waals surface area contributed by atoms with Crippen molar-refractivity contribution in [1.29, 1.82) is 0 Å². The quantitative estimate of drug-likeness (QED) is 0.587. The summed E-state index contributed by atoms with van der Waals surface area (Å²) < 4.78 is 54.0. The molecule has 3 rings (SSSR count). The molecule has 0 saturated heterocycles. The van der Waals surface area contributed by atoms with Gasteiger partial charge in [-0.05, 0) is 30.7 Å². The monoisotopic (exact) mass is 443 g/mol. The van der Waals surface area contributed by atoms with Crippen LogP contribution in [0.15, 0.2) is 39.7 Å². The molecule has 0 bridgehead atoms. The molecule has 27 heavy (non-hydrogen) atoms. The first-order valence-electron chi connectivity index (χ1n) is 7.85. The van der Waals surface area contributed by atoms with E-state index in [2.05, 4.69) is 26.2 Å². The first-order valence-corrected chi connectivity index (χ1v) is 8.64. The maximum atomic E-state index is 13.7. The van der Waals surface area contributed by atoms with E-state index in [1.807, 2.05) is 0 Å². The number of alkyl halides is 3. The first-order chi connectivity index (χ1) is 12.6. The molecule has 0 aliphatic heterocycles. The molecule has 0 radical (unpaired) electrons. The minimum atomic E-state index is -4.59. The second-order valence-corrected chi connectivity index (χ2v) is 6.88. The van der Waals surface area contributed by atoms with E-state index in [1.165, 1.54) is 37.4 Å². The number of anilines is 1. The molecular weight excluding hydrogens is 430 g/mol. The van der Waals surface area contributed by atoms with Crippen LogP contribution >= 0.6 is 15.9 Å². The minimum absolute atomic E-state index is 0.0285. The number of aryl methyl sites for hydroxylation is 1. The Labute approximate surface area is 160 Å². The van der Waals surface area contributed by atoms with Crippen molar-refractivity contribution in [3.63, 3.8) is 0 Å². The summed E-state index contributed by atoms with van der Waals surface area (Å²) in [5.74, 6) is -0.147. The number of fused-ring (bicyclic) bond motifs is 1. The summed E-state index contributed by atoms with van der Waals surface area (Å²) in [4.78, 5) is 17.0. The Bertz CT molecular complexity index is 1090. The largest absolute Gasteiger partial charge is 0.406 e. The topological polar surface area (TPSA) is 46.9 Å². The summed E-state index contributed by atoms with van der Waals surface area (Å²) in [5, 5.41) is 3.10. The van der Waals surface area contributed by atoms with Crippen molar-refractivity contribution in [2.75, 3.05) is 12.4 Å². The van der Waals surface area contributed by atoms with E-state index in [9.17, 15) is 22.4 Å². The standard InChI is InChI=1S/C18H14BrF4N3O/c1-9-3-11(13(19)5-14(9)20)12-4-10-7-25-16(24-2)6-15(10)26(17(12)27)8-18(21,22)23/h3-7H,8H2,1-2H3,(H,24,25). The fraction of sp³-hybridized carbons (Fsp3) is 0.222. The number of hydrogen-bond donors (Lipinski definition) is 1. The van der Waals surface area contributed by atoms with E-state index < -0.39 is 24.1 Å². The molecule has 1 N–H and O–H groups in total. The highest BCUT2D eigenvalue weighted by molar-refractivity contribution is 9.10.